The van der Waals surface area contributed by atoms with E-state index < -0.39 is 0 Å². The van der Waals surface area contributed by atoms with Crippen molar-refractivity contribution >= 4 is 0 Å². The summed E-state index contributed by atoms with van der Waals surface area (Å²) >= 11 is 0. The van der Waals surface area contributed by atoms with E-state index in [1.54, 1.807) is 0 Å². The highest BCUT2D eigenvalue weighted by Gasteiger charge is 2.13. The van der Waals surface area contributed by atoms with Crippen LogP contribution in [0.15, 0.2) is 0 Å². The summed E-state index contributed by atoms with van der Waals surface area (Å²) in [5.74, 6) is 0.511. The summed E-state index contributed by atoms with van der Waals surface area (Å²) in [6.45, 7) is 14.2. The van der Waals surface area contributed by atoms with E-state index in [0.717, 1.165) is 46.1 Å². The van der Waals surface area contributed by atoms with Crippen molar-refractivity contribution in [1.29, 1.82) is 0 Å². The van der Waals surface area contributed by atoms with Gasteiger partial charge in [0.2, 0.25) is 0 Å². The Hall–Kier alpha value is -0.160. The molecule has 0 bridgehead atoms. The molecule has 0 heterocycles. The highest BCUT2D eigenvalue weighted by molar-refractivity contribution is 4.71. The molecule has 0 rings (SSSR count). The Kier molecular flexibility index (Phi) is 10.9. The lowest BCUT2D eigenvalue weighted by Crippen LogP contribution is -2.43. The third-order valence-corrected chi connectivity index (χ3v) is 2.84. The van der Waals surface area contributed by atoms with Crippen LogP contribution in [0.4, 0.5) is 0 Å². The lowest BCUT2D eigenvalue weighted by molar-refractivity contribution is 0.0781. The highest BCUT2D eigenvalue weighted by atomic mass is 16.5. The maximum absolute atomic E-state index is 6.10. The Bertz CT molecular complexity index is 155. The van der Waals surface area contributed by atoms with Gasteiger partial charge in [-0.1, -0.05) is 13.8 Å². The zero-order valence-corrected chi connectivity index (χ0v) is 11.9. The summed E-state index contributed by atoms with van der Waals surface area (Å²) in [5, 5.41) is 0. The fraction of sp³-hybridized carbons (Fsp3) is 1.00. The molecule has 0 aromatic carbocycles. The first-order chi connectivity index (χ1) is 8.11. The molecule has 104 valence electrons. The maximum atomic E-state index is 6.10. The average molecular weight is 246 g/mol. The first kappa shape index (κ1) is 16.8. The summed E-state index contributed by atoms with van der Waals surface area (Å²) in [6, 6.07) is 0.221. The second-order valence-electron chi connectivity index (χ2n) is 4.60. The van der Waals surface area contributed by atoms with E-state index in [-0.39, 0.29) is 6.04 Å². The van der Waals surface area contributed by atoms with Gasteiger partial charge in [-0.15, -0.1) is 0 Å². The predicted octanol–water partition coefficient (Wildman–Crippen LogP) is 1.34. The normalized spacial score (nSPS) is 13.6. The van der Waals surface area contributed by atoms with Crippen LogP contribution in [0.5, 0.6) is 0 Å². The van der Waals surface area contributed by atoms with Gasteiger partial charge in [-0.2, -0.15) is 0 Å². The van der Waals surface area contributed by atoms with Crippen LogP contribution in [0.3, 0.4) is 0 Å². The summed E-state index contributed by atoms with van der Waals surface area (Å²) in [7, 11) is 0. The molecule has 4 heteroatoms. The van der Waals surface area contributed by atoms with Crippen LogP contribution in [0, 0.1) is 5.92 Å². The van der Waals surface area contributed by atoms with Gasteiger partial charge in [0.05, 0.1) is 13.2 Å². The molecule has 0 saturated carbocycles. The van der Waals surface area contributed by atoms with Crippen LogP contribution in [0.25, 0.3) is 0 Å². The van der Waals surface area contributed by atoms with E-state index in [9.17, 15) is 0 Å². The molecule has 0 aliphatic carbocycles. The molecule has 0 amide bonds. The van der Waals surface area contributed by atoms with Crippen molar-refractivity contribution in [2.45, 2.75) is 33.7 Å². The maximum Gasteiger partial charge on any atom is 0.0593 e. The van der Waals surface area contributed by atoms with Crippen molar-refractivity contribution in [3.05, 3.63) is 0 Å². The zero-order valence-electron chi connectivity index (χ0n) is 11.9. The molecule has 0 spiro atoms. The summed E-state index contributed by atoms with van der Waals surface area (Å²) in [5.41, 5.74) is 6.10. The van der Waals surface area contributed by atoms with Gasteiger partial charge in [-0.05, 0) is 19.8 Å². The van der Waals surface area contributed by atoms with Gasteiger partial charge in [-0.25, -0.2) is 0 Å². The Morgan fingerprint density at radius 2 is 1.47 bits per heavy atom. The van der Waals surface area contributed by atoms with Gasteiger partial charge < -0.3 is 15.2 Å². The van der Waals surface area contributed by atoms with Crippen LogP contribution in [-0.2, 0) is 9.47 Å². The molecule has 0 saturated heterocycles. The molecular formula is C13H30N2O2. The first-order valence-corrected chi connectivity index (χ1v) is 6.75. The molecule has 4 nitrogen and oxygen atoms in total. The molecule has 0 aliphatic heterocycles. The standard InChI is InChI=1S/C13H30N2O2/c1-5-16-9-7-15(8-10-17-6-2)11-13(14)12(3)4/h12-13H,5-11,14H2,1-4H3. The molecule has 0 aromatic rings. The summed E-state index contributed by atoms with van der Waals surface area (Å²) < 4.78 is 10.8. The Labute approximate surface area is 106 Å². The van der Waals surface area contributed by atoms with E-state index in [1.165, 1.54) is 0 Å². The van der Waals surface area contributed by atoms with Crippen LogP contribution in [-0.4, -0.2) is 57.0 Å². The van der Waals surface area contributed by atoms with Crippen LogP contribution in [0.2, 0.25) is 0 Å². The van der Waals surface area contributed by atoms with Gasteiger partial charge in [0, 0.05) is 38.9 Å². The third-order valence-electron chi connectivity index (χ3n) is 2.84. The van der Waals surface area contributed by atoms with E-state index in [0.29, 0.717) is 5.92 Å². The zero-order chi connectivity index (χ0) is 13.1. The second kappa shape index (κ2) is 11.0. The smallest absolute Gasteiger partial charge is 0.0593 e. The number of nitrogens with two attached hydrogens (primary N) is 1. The molecule has 1 atom stereocenters. The van der Waals surface area contributed by atoms with Crippen molar-refractivity contribution < 1.29 is 9.47 Å². The van der Waals surface area contributed by atoms with E-state index in [4.69, 9.17) is 15.2 Å². The number of ether oxygens (including phenoxy) is 2. The van der Waals surface area contributed by atoms with Crippen LogP contribution < -0.4 is 5.73 Å². The Balaban J connectivity index is 3.91. The monoisotopic (exact) mass is 246 g/mol. The summed E-state index contributed by atoms with van der Waals surface area (Å²) in [4.78, 5) is 2.33. The topological polar surface area (TPSA) is 47.7 Å². The number of hydrogen-bond donors (Lipinski definition) is 1. The van der Waals surface area contributed by atoms with Gasteiger partial charge in [0.1, 0.15) is 0 Å². The van der Waals surface area contributed by atoms with Gasteiger partial charge in [0.15, 0.2) is 0 Å². The fourth-order valence-corrected chi connectivity index (χ4v) is 1.48. The van der Waals surface area contributed by atoms with E-state index in [2.05, 4.69) is 18.7 Å². The quantitative estimate of drug-likeness (QED) is 0.559. The molecule has 0 aromatic heterocycles. The minimum atomic E-state index is 0.221. The Morgan fingerprint density at radius 3 is 1.82 bits per heavy atom. The van der Waals surface area contributed by atoms with Crippen molar-refractivity contribution in [2.24, 2.45) is 11.7 Å². The SMILES string of the molecule is CCOCCN(CCOCC)CC(N)C(C)C. The third kappa shape index (κ3) is 9.53. The molecule has 17 heavy (non-hydrogen) atoms. The number of nitrogens with zero attached hydrogens (tertiary/aromatic N) is 1. The summed E-state index contributed by atoms with van der Waals surface area (Å²) in [6.07, 6.45) is 0. The molecular weight excluding hydrogens is 216 g/mol. The fourth-order valence-electron chi connectivity index (χ4n) is 1.48. The first-order valence-electron chi connectivity index (χ1n) is 6.75. The molecule has 0 aliphatic rings. The lowest BCUT2D eigenvalue weighted by atomic mass is 10.1. The minimum absolute atomic E-state index is 0.221. The van der Waals surface area contributed by atoms with Gasteiger partial charge in [0.25, 0.3) is 0 Å². The predicted molar refractivity (Wildman–Crippen MR) is 72.2 cm³/mol. The van der Waals surface area contributed by atoms with Gasteiger partial charge >= 0.3 is 0 Å². The lowest BCUT2D eigenvalue weighted by Gasteiger charge is -2.27. The van der Waals surface area contributed by atoms with Crippen LogP contribution in [0.1, 0.15) is 27.7 Å². The van der Waals surface area contributed by atoms with Crippen molar-refractivity contribution in [2.75, 3.05) is 46.1 Å². The van der Waals surface area contributed by atoms with Gasteiger partial charge in [-0.3, -0.25) is 4.90 Å². The second-order valence-corrected chi connectivity index (χ2v) is 4.60. The molecule has 2 N–H and O–H groups in total. The van der Waals surface area contributed by atoms with Crippen molar-refractivity contribution in [1.82, 2.24) is 4.90 Å². The largest absolute Gasteiger partial charge is 0.380 e. The minimum Gasteiger partial charge on any atom is -0.380 e. The highest BCUT2D eigenvalue weighted by Crippen LogP contribution is 2.01. The van der Waals surface area contributed by atoms with E-state index >= 15 is 0 Å². The number of hydrogen-bond acceptors (Lipinski definition) is 4. The van der Waals surface area contributed by atoms with E-state index in [1.807, 2.05) is 13.8 Å². The molecule has 1 unspecified atom stereocenters. The van der Waals surface area contributed by atoms with Crippen LogP contribution >= 0.6 is 0 Å². The Morgan fingerprint density at radius 1 is 1.00 bits per heavy atom. The molecule has 0 radical (unpaired) electrons. The van der Waals surface area contributed by atoms with Crippen molar-refractivity contribution in [3.8, 4) is 0 Å². The molecule has 0 fully saturated rings. The average Bonchev–Trinajstić information content (AvgIpc) is 2.29. The van der Waals surface area contributed by atoms with Crippen molar-refractivity contribution in [3.63, 3.8) is 0 Å². The number of rotatable bonds is 11.